The van der Waals surface area contributed by atoms with Crippen molar-refractivity contribution in [3.8, 4) is 11.5 Å². The lowest BCUT2D eigenvalue weighted by Crippen LogP contribution is -2.57. The highest BCUT2D eigenvalue weighted by molar-refractivity contribution is 7.85. The minimum Gasteiger partial charge on any atom is -0.468 e. The molecule has 600 valence electrons. The van der Waals surface area contributed by atoms with Gasteiger partial charge in [-0.2, -0.15) is 8.42 Å². The van der Waals surface area contributed by atoms with E-state index in [1.165, 1.54) is 6.92 Å². The Balaban J connectivity index is 0.700. The van der Waals surface area contributed by atoms with Crippen LogP contribution in [0.5, 0.6) is 11.5 Å². The molecule has 6 aromatic rings. The van der Waals surface area contributed by atoms with Crippen molar-refractivity contribution in [3.05, 3.63) is 180 Å². The van der Waals surface area contributed by atoms with Crippen LogP contribution in [0.25, 0.3) is 10.8 Å². The molecule has 0 amide bonds. The number of fused-ring (bicyclic) bond motifs is 1. The summed E-state index contributed by atoms with van der Waals surface area (Å²) in [5.41, 5.74) is 3.52. The SMILES string of the molecule is CC(=O)CCC(=O)O[C@H]1CC[C@H](O[C@@H]2[C@@H](C)O[C@@H](O[C@@H]3[C@@H](C)O[C@@H](O[C@H]4CC[C@H](O[C@@H]5C[C@H](O[C@@H]6[C@@H](C)O[C@@H](Oc7ccc(OCOCC[Si](C)(C)C)cc7)C[C@H]6OCc6ccccc6)O[C@H](C)[C@H]5OS(=O)(=O)Cc5ccccc5)O[C@H]4C)C[C@H]3OCc3ccccc3)C[C@H]2OCc2ccc3ccccc3c2)O[C@H]1C. The molecule has 0 bridgehead atoms. The fourth-order valence-corrected chi connectivity index (χ4v) is 16.9. The molecule has 25 heteroatoms. The van der Waals surface area contributed by atoms with Gasteiger partial charge in [-0.3, -0.25) is 8.98 Å². The van der Waals surface area contributed by atoms with Crippen LogP contribution in [-0.4, -0.2) is 177 Å². The average Bonchev–Trinajstić information content (AvgIpc) is 0.784. The molecule has 6 aliphatic heterocycles. The molecule has 0 unspecified atom stereocenters. The standard InChI is InChI=1S/C85H112O23SSi/c1-54(86)30-39-75(87)102-69-37-41-77(96-55(69)2)105-82-57(4)99-80(47-73(82)93-51-64-31-32-65-28-20-21-29-66(65)44-64)106-84-59(6)98-79(46-72(84)92-50-62-24-16-12-17-25-62)103-70-38-40-76(95-56(70)3)104-74-48-81(100-60(7)85(74)108-109(88,89)52-63-26-18-13-19-27-63)107-83-58(5)97-78(45-71(83)91-49-61-22-14-11-15-23-61)101-68-35-33-67(34-36-68)94-53-90-42-43-110(8,9)10/h11-29,31-36,44,55-60,69-74,76-85H,30,37-43,45-53H2,1-10H3/t55-,56-,57+,58+,59+,60+,69-,70-,71+,72+,73+,74+,76-,77-,78-,79-,80-,81-,82+,83+,84+,85+/m0/s1. The maximum atomic E-state index is 14.1. The van der Waals surface area contributed by atoms with Crippen LogP contribution in [0, 0.1) is 0 Å². The van der Waals surface area contributed by atoms with E-state index in [1.807, 2.05) is 138 Å². The Hall–Kier alpha value is -6.15. The average molecular weight is 1560 g/mol. The fraction of sp³-hybridized carbons (Fsp3) is 0.576. The predicted molar refractivity (Wildman–Crippen MR) is 410 cm³/mol. The molecule has 6 saturated heterocycles. The van der Waals surface area contributed by atoms with E-state index in [4.69, 9.17) is 89.4 Å². The predicted octanol–water partition coefficient (Wildman–Crippen LogP) is 14.4. The zero-order chi connectivity index (χ0) is 77.3. The molecule has 6 aromatic carbocycles. The first-order valence-corrected chi connectivity index (χ1v) is 44.5. The van der Waals surface area contributed by atoms with E-state index in [0.717, 1.165) is 33.5 Å². The van der Waals surface area contributed by atoms with Crippen molar-refractivity contribution in [1.29, 1.82) is 0 Å². The van der Waals surface area contributed by atoms with Crippen LogP contribution >= 0.6 is 0 Å². The summed E-state index contributed by atoms with van der Waals surface area (Å²) < 4.78 is 153. The third-order valence-corrected chi connectivity index (χ3v) is 23.8. The number of benzene rings is 6. The largest absolute Gasteiger partial charge is 0.468 e. The molecule has 0 N–H and O–H groups in total. The molecule has 12 rings (SSSR count). The van der Waals surface area contributed by atoms with E-state index in [0.29, 0.717) is 88.4 Å². The lowest BCUT2D eigenvalue weighted by molar-refractivity contribution is -0.345. The van der Waals surface area contributed by atoms with Gasteiger partial charge in [-0.05, 0) is 131 Å². The normalized spacial score (nSPS) is 31.7. The highest BCUT2D eigenvalue weighted by atomic mass is 32.2. The van der Waals surface area contributed by atoms with Gasteiger partial charge < -0.3 is 90.1 Å². The van der Waals surface area contributed by atoms with Gasteiger partial charge in [0.25, 0.3) is 10.1 Å². The summed E-state index contributed by atoms with van der Waals surface area (Å²) in [5.74, 6) is 0.368. The van der Waals surface area contributed by atoms with Crippen molar-refractivity contribution >= 4 is 40.7 Å². The van der Waals surface area contributed by atoms with Crippen LogP contribution in [-0.2, 0) is 125 Å². The number of hydrogen-bond donors (Lipinski definition) is 0. The Morgan fingerprint density at radius 3 is 1.43 bits per heavy atom. The Bertz CT molecular complexity index is 3920. The first-order valence-electron chi connectivity index (χ1n) is 39.2. The first kappa shape index (κ1) is 83.3. The minimum absolute atomic E-state index is 0.0184. The molecule has 110 heavy (non-hydrogen) atoms. The highest BCUT2D eigenvalue weighted by Crippen LogP contribution is 2.40. The summed E-state index contributed by atoms with van der Waals surface area (Å²) in [6.45, 7) is 21.4. The van der Waals surface area contributed by atoms with Gasteiger partial charge in [-0.15, -0.1) is 0 Å². The number of carbonyl (C=O) groups is 2. The van der Waals surface area contributed by atoms with Crippen molar-refractivity contribution in [3.63, 3.8) is 0 Å². The third-order valence-electron chi connectivity index (χ3n) is 20.9. The van der Waals surface area contributed by atoms with Crippen molar-refractivity contribution in [2.75, 3.05) is 13.4 Å². The van der Waals surface area contributed by atoms with Gasteiger partial charge in [0.15, 0.2) is 38.2 Å². The monoisotopic (exact) mass is 1560 g/mol. The fourth-order valence-electron chi connectivity index (χ4n) is 14.9. The van der Waals surface area contributed by atoms with Crippen LogP contribution in [0.15, 0.2) is 158 Å². The zero-order valence-corrected chi connectivity index (χ0v) is 66.8. The molecule has 6 heterocycles. The minimum atomic E-state index is -4.20. The summed E-state index contributed by atoms with van der Waals surface area (Å²) in [5, 5.41) is 2.23. The number of ether oxygens (including phenoxy) is 18. The lowest BCUT2D eigenvalue weighted by atomic mass is 9.99. The number of ketones is 1. The number of esters is 1. The molecule has 23 nitrogen and oxygen atoms in total. The van der Waals surface area contributed by atoms with Crippen molar-refractivity contribution < 1.29 is 107 Å². The second-order valence-electron chi connectivity index (χ2n) is 31.1. The van der Waals surface area contributed by atoms with Crippen molar-refractivity contribution in [2.45, 2.75) is 299 Å². The zero-order valence-electron chi connectivity index (χ0n) is 65.0. The van der Waals surface area contributed by atoms with E-state index < -0.39 is 160 Å². The summed E-state index contributed by atoms with van der Waals surface area (Å²) in [6.07, 6.45) is -11.5. The molecule has 0 radical (unpaired) electrons. The van der Waals surface area contributed by atoms with Gasteiger partial charge in [0.2, 0.25) is 6.29 Å². The molecule has 6 aliphatic rings. The third kappa shape index (κ3) is 24.7. The molecular weight excluding hydrogens is 1450 g/mol. The first-order chi connectivity index (χ1) is 53.0. The van der Waals surface area contributed by atoms with Gasteiger partial charge in [0, 0.05) is 59.6 Å². The second-order valence-corrected chi connectivity index (χ2v) is 38.3. The smallest absolute Gasteiger partial charge is 0.306 e. The van der Waals surface area contributed by atoms with Gasteiger partial charge >= 0.3 is 5.97 Å². The van der Waals surface area contributed by atoms with Crippen molar-refractivity contribution in [2.24, 2.45) is 0 Å². The van der Waals surface area contributed by atoms with E-state index in [1.54, 1.807) is 31.2 Å². The summed E-state index contributed by atoms with van der Waals surface area (Å²) in [7, 11) is -5.43. The molecule has 0 spiro atoms. The Kier molecular flexibility index (Phi) is 30.1. The van der Waals surface area contributed by atoms with Crippen LogP contribution in [0.2, 0.25) is 25.7 Å². The second kappa shape index (κ2) is 39.7. The molecule has 0 aliphatic carbocycles. The van der Waals surface area contributed by atoms with E-state index in [9.17, 15) is 18.0 Å². The van der Waals surface area contributed by atoms with E-state index >= 15 is 0 Å². The maximum absolute atomic E-state index is 14.1. The topological polar surface area (TPSA) is 244 Å². The molecule has 0 saturated carbocycles. The number of rotatable bonds is 35. The quantitative estimate of drug-likeness (QED) is 0.0118. The Morgan fingerprint density at radius 2 is 0.873 bits per heavy atom. The van der Waals surface area contributed by atoms with E-state index in [-0.39, 0.29) is 37.6 Å². The number of hydrogen-bond acceptors (Lipinski definition) is 23. The van der Waals surface area contributed by atoms with Crippen molar-refractivity contribution in [1.82, 2.24) is 0 Å². The highest BCUT2D eigenvalue weighted by Gasteiger charge is 2.50. The van der Waals surface area contributed by atoms with Crippen LogP contribution in [0.3, 0.4) is 0 Å². The van der Waals surface area contributed by atoms with Gasteiger partial charge in [-0.25, -0.2) is 0 Å². The van der Waals surface area contributed by atoms with Gasteiger partial charge in [-0.1, -0.05) is 147 Å². The summed E-state index contributed by atoms with van der Waals surface area (Å²) >= 11 is 0. The van der Waals surface area contributed by atoms with Crippen LogP contribution < -0.4 is 9.47 Å². The van der Waals surface area contributed by atoms with Gasteiger partial charge in [0.1, 0.15) is 53.6 Å². The summed E-state index contributed by atoms with van der Waals surface area (Å²) in [4.78, 5) is 24.2. The molecular formula is C85H112O23SSi. The van der Waals surface area contributed by atoms with Crippen LogP contribution in [0.4, 0.5) is 0 Å². The maximum Gasteiger partial charge on any atom is 0.306 e. The summed E-state index contributed by atoms with van der Waals surface area (Å²) in [6, 6.07) is 51.6. The molecule has 22 atom stereocenters. The Labute approximate surface area is 649 Å². The Morgan fingerprint density at radius 1 is 0.427 bits per heavy atom. The number of carbonyl (C=O) groups excluding carboxylic acids is 2. The van der Waals surface area contributed by atoms with Gasteiger partial charge in [0.05, 0.1) is 93.4 Å². The van der Waals surface area contributed by atoms with E-state index in [2.05, 4.69) is 50.0 Å². The molecule has 0 aromatic heterocycles. The molecule has 6 fully saturated rings. The number of Topliss-reactive ketones (excluding diaryl/α,β-unsaturated/α-hetero) is 1. The van der Waals surface area contributed by atoms with Crippen LogP contribution in [0.1, 0.15) is 135 Å². The lowest BCUT2D eigenvalue weighted by Gasteiger charge is -2.47.